The van der Waals surface area contributed by atoms with Crippen molar-refractivity contribution in [3.05, 3.63) is 47.9 Å². The van der Waals surface area contributed by atoms with E-state index in [2.05, 4.69) is 25.2 Å². The number of nitrogens with one attached hydrogen (secondary N) is 2. The number of aromatic amines is 1. The smallest absolute Gasteiger partial charge is 0.243 e. The van der Waals surface area contributed by atoms with Crippen LogP contribution >= 0.6 is 11.6 Å². The molecule has 2 atom stereocenters. The van der Waals surface area contributed by atoms with Crippen molar-refractivity contribution in [1.29, 1.82) is 0 Å². The van der Waals surface area contributed by atoms with Crippen LogP contribution in [0.2, 0.25) is 5.02 Å². The standard InChI is InChI=1S/C22H27ClN6O/c1-14(2)22(21(24)30,28-17-7-3-6-16(23)11-17)15-5-4-10-29(12-15)20-18-8-9-25-19(18)26-13-27-20/h3,6-9,11,13-15,28H,4-5,10,12H2,1-2H3,(H2,24,30)(H,25,26,27)/t15-,22?/m1/s1. The van der Waals surface area contributed by atoms with E-state index in [4.69, 9.17) is 17.3 Å². The number of hydrogen-bond acceptors (Lipinski definition) is 5. The van der Waals surface area contributed by atoms with Gasteiger partial charge in [-0.2, -0.15) is 0 Å². The number of amides is 1. The quantitative estimate of drug-likeness (QED) is 0.556. The molecule has 0 saturated carbocycles. The van der Waals surface area contributed by atoms with E-state index in [1.165, 1.54) is 0 Å². The highest BCUT2D eigenvalue weighted by molar-refractivity contribution is 6.30. The van der Waals surface area contributed by atoms with Gasteiger partial charge in [0.05, 0.1) is 5.39 Å². The maximum absolute atomic E-state index is 12.9. The molecule has 2 aromatic heterocycles. The van der Waals surface area contributed by atoms with Crippen molar-refractivity contribution < 1.29 is 4.79 Å². The molecule has 1 aromatic carbocycles. The van der Waals surface area contributed by atoms with Gasteiger partial charge in [0.25, 0.3) is 0 Å². The summed E-state index contributed by atoms with van der Waals surface area (Å²) in [6.45, 7) is 5.62. The molecule has 1 aliphatic heterocycles. The number of aromatic nitrogens is 3. The van der Waals surface area contributed by atoms with Crippen molar-refractivity contribution in [2.75, 3.05) is 23.3 Å². The molecule has 1 amide bonds. The van der Waals surface area contributed by atoms with Crippen LogP contribution in [-0.2, 0) is 4.79 Å². The molecular formula is C22H27ClN6O. The zero-order valence-electron chi connectivity index (χ0n) is 17.2. The summed E-state index contributed by atoms with van der Waals surface area (Å²) in [7, 11) is 0. The van der Waals surface area contributed by atoms with E-state index < -0.39 is 5.54 Å². The second-order valence-corrected chi connectivity index (χ2v) is 8.68. The lowest BCUT2D eigenvalue weighted by molar-refractivity contribution is -0.126. The van der Waals surface area contributed by atoms with Gasteiger partial charge in [0, 0.05) is 35.9 Å². The molecule has 0 radical (unpaired) electrons. The third-order valence-corrected chi connectivity index (χ3v) is 6.43. The lowest BCUT2D eigenvalue weighted by Crippen LogP contribution is -2.63. The van der Waals surface area contributed by atoms with Crippen LogP contribution in [0.25, 0.3) is 11.0 Å². The molecule has 1 saturated heterocycles. The predicted octanol–water partition coefficient (Wildman–Crippen LogP) is 3.82. The van der Waals surface area contributed by atoms with Crippen molar-refractivity contribution in [2.24, 2.45) is 17.6 Å². The Kier molecular flexibility index (Phi) is 5.56. The molecule has 4 rings (SSSR count). The number of H-pyrrole nitrogens is 1. The molecule has 1 aliphatic rings. The van der Waals surface area contributed by atoms with Gasteiger partial charge in [-0.1, -0.05) is 31.5 Å². The van der Waals surface area contributed by atoms with Crippen LogP contribution in [0.3, 0.4) is 0 Å². The van der Waals surface area contributed by atoms with Gasteiger partial charge in [0.1, 0.15) is 23.3 Å². The van der Waals surface area contributed by atoms with Gasteiger partial charge >= 0.3 is 0 Å². The first-order chi connectivity index (χ1) is 14.4. The van der Waals surface area contributed by atoms with E-state index in [1.807, 2.05) is 50.4 Å². The van der Waals surface area contributed by atoms with Crippen LogP contribution in [0, 0.1) is 11.8 Å². The Balaban J connectivity index is 1.70. The Morgan fingerprint density at radius 2 is 2.20 bits per heavy atom. The number of carbonyl (C=O) groups is 1. The van der Waals surface area contributed by atoms with Crippen molar-refractivity contribution in [3.8, 4) is 0 Å². The lowest BCUT2D eigenvalue weighted by atomic mass is 9.71. The Bertz CT molecular complexity index is 1050. The highest BCUT2D eigenvalue weighted by Crippen LogP contribution is 2.38. The number of nitrogens with two attached hydrogens (primary N) is 1. The summed E-state index contributed by atoms with van der Waals surface area (Å²) in [5, 5.41) is 5.08. The number of nitrogens with zero attached hydrogens (tertiary/aromatic N) is 3. The Labute approximate surface area is 181 Å². The third kappa shape index (κ3) is 3.58. The minimum absolute atomic E-state index is 0.00619. The first-order valence-corrected chi connectivity index (χ1v) is 10.7. The summed E-state index contributed by atoms with van der Waals surface area (Å²) in [6, 6.07) is 9.42. The molecule has 0 aliphatic carbocycles. The van der Waals surface area contributed by atoms with Gasteiger partial charge in [0.15, 0.2) is 0 Å². The van der Waals surface area contributed by atoms with Crippen molar-refractivity contribution in [2.45, 2.75) is 32.2 Å². The van der Waals surface area contributed by atoms with Crippen molar-refractivity contribution in [3.63, 3.8) is 0 Å². The Morgan fingerprint density at radius 3 is 2.93 bits per heavy atom. The number of rotatable bonds is 6. The SMILES string of the molecule is CC(C)C(Nc1cccc(Cl)c1)(C(N)=O)[C@@H]1CCCN(c2ncnc3[nH]ccc23)C1. The number of halogens is 1. The number of anilines is 2. The second-order valence-electron chi connectivity index (χ2n) is 8.25. The summed E-state index contributed by atoms with van der Waals surface area (Å²) in [5.74, 6) is 0.526. The van der Waals surface area contributed by atoms with Crippen LogP contribution in [0.1, 0.15) is 26.7 Å². The van der Waals surface area contributed by atoms with Crippen LogP contribution in [0.4, 0.5) is 11.5 Å². The van der Waals surface area contributed by atoms with E-state index in [9.17, 15) is 4.79 Å². The van der Waals surface area contributed by atoms with Gasteiger partial charge in [0.2, 0.25) is 5.91 Å². The summed E-state index contributed by atoms with van der Waals surface area (Å²) in [4.78, 5) is 27.2. The lowest BCUT2D eigenvalue weighted by Gasteiger charge is -2.47. The number of benzene rings is 1. The minimum Gasteiger partial charge on any atom is -0.371 e. The van der Waals surface area contributed by atoms with E-state index in [0.29, 0.717) is 11.6 Å². The van der Waals surface area contributed by atoms with E-state index in [-0.39, 0.29) is 17.7 Å². The van der Waals surface area contributed by atoms with Gasteiger partial charge in [-0.05, 0) is 43.0 Å². The fourth-order valence-electron chi connectivity index (χ4n) is 4.72. The van der Waals surface area contributed by atoms with Gasteiger partial charge in [-0.15, -0.1) is 0 Å². The molecule has 4 N–H and O–H groups in total. The molecule has 0 bridgehead atoms. The van der Waals surface area contributed by atoms with E-state index >= 15 is 0 Å². The fraction of sp³-hybridized carbons (Fsp3) is 0.409. The molecule has 0 spiro atoms. The minimum atomic E-state index is -0.909. The molecule has 30 heavy (non-hydrogen) atoms. The topological polar surface area (TPSA) is 99.9 Å². The third-order valence-electron chi connectivity index (χ3n) is 6.19. The number of hydrogen-bond donors (Lipinski definition) is 3. The summed E-state index contributed by atoms with van der Waals surface area (Å²) >= 11 is 6.19. The average molecular weight is 427 g/mol. The number of carbonyl (C=O) groups excluding carboxylic acids is 1. The van der Waals surface area contributed by atoms with Gasteiger partial charge in [-0.3, -0.25) is 4.79 Å². The number of fused-ring (bicyclic) bond motifs is 1. The van der Waals surface area contributed by atoms with Crippen molar-refractivity contribution in [1.82, 2.24) is 15.0 Å². The monoisotopic (exact) mass is 426 g/mol. The molecular weight excluding hydrogens is 400 g/mol. The maximum atomic E-state index is 12.9. The highest BCUT2D eigenvalue weighted by Gasteiger charge is 2.48. The zero-order chi connectivity index (χ0) is 21.3. The Hall–Kier alpha value is -2.80. The second kappa shape index (κ2) is 8.14. The molecule has 1 fully saturated rings. The predicted molar refractivity (Wildman–Crippen MR) is 121 cm³/mol. The normalized spacial score (nSPS) is 19.1. The molecule has 1 unspecified atom stereocenters. The number of primary amides is 1. The van der Waals surface area contributed by atoms with Crippen LogP contribution in [0.15, 0.2) is 42.9 Å². The number of piperidine rings is 1. The Morgan fingerprint density at radius 1 is 1.37 bits per heavy atom. The highest BCUT2D eigenvalue weighted by atomic mass is 35.5. The average Bonchev–Trinajstić information content (AvgIpc) is 3.20. The molecule has 158 valence electrons. The maximum Gasteiger partial charge on any atom is 0.243 e. The van der Waals surface area contributed by atoms with E-state index in [1.54, 1.807) is 6.33 Å². The first kappa shape index (κ1) is 20.5. The summed E-state index contributed by atoms with van der Waals surface area (Å²) in [6.07, 6.45) is 5.28. The zero-order valence-corrected chi connectivity index (χ0v) is 18.0. The molecule has 7 nitrogen and oxygen atoms in total. The van der Waals surface area contributed by atoms with Crippen LogP contribution in [-0.4, -0.2) is 39.5 Å². The van der Waals surface area contributed by atoms with E-state index in [0.717, 1.165) is 41.9 Å². The largest absolute Gasteiger partial charge is 0.371 e. The molecule has 3 aromatic rings. The first-order valence-electron chi connectivity index (χ1n) is 10.3. The van der Waals surface area contributed by atoms with Gasteiger partial charge < -0.3 is 20.9 Å². The summed E-state index contributed by atoms with van der Waals surface area (Å²) < 4.78 is 0. The summed E-state index contributed by atoms with van der Waals surface area (Å²) in [5.41, 5.74) is 6.76. The molecule has 8 heteroatoms. The van der Waals surface area contributed by atoms with Gasteiger partial charge in [-0.25, -0.2) is 9.97 Å². The fourth-order valence-corrected chi connectivity index (χ4v) is 4.91. The van der Waals surface area contributed by atoms with Crippen molar-refractivity contribution >= 4 is 40.0 Å². The van der Waals surface area contributed by atoms with Crippen LogP contribution in [0.5, 0.6) is 0 Å². The van der Waals surface area contributed by atoms with Crippen LogP contribution < -0.4 is 16.0 Å². The molecule has 3 heterocycles.